The molecule has 1 amide bonds. The summed E-state index contributed by atoms with van der Waals surface area (Å²) in [5, 5.41) is 0. The Morgan fingerprint density at radius 3 is 2.54 bits per heavy atom. The van der Waals surface area contributed by atoms with E-state index in [4.69, 9.17) is 10.5 Å². The molecule has 0 aromatic heterocycles. The highest BCUT2D eigenvalue weighted by Gasteiger charge is 2.32. The van der Waals surface area contributed by atoms with Gasteiger partial charge in [-0.2, -0.15) is 0 Å². The molecule has 1 heterocycles. The van der Waals surface area contributed by atoms with Crippen LogP contribution < -0.4 is 15.4 Å². The number of piperazine rings is 1. The second-order valence-corrected chi connectivity index (χ2v) is 6.69. The monoisotopic (exact) mass is 353 g/mol. The zero-order valence-electron chi connectivity index (χ0n) is 15.5. The van der Waals surface area contributed by atoms with Crippen molar-refractivity contribution in [2.45, 2.75) is 25.9 Å². The normalized spacial score (nSPS) is 18.2. The van der Waals surface area contributed by atoms with Crippen LogP contribution in [0.3, 0.4) is 0 Å². The van der Waals surface area contributed by atoms with E-state index in [0.717, 1.165) is 30.9 Å². The van der Waals surface area contributed by atoms with Crippen LogP contribution in [0.15, 0.2) is 48.5 Å². The number of methoxy groups -OCH3 is 1. The van der Waals surface area contributed by atoms with E-state index in [-0.39, 0.29) is 11.9 Å². The van der Waals surface area contributed by atoms with Gasteiger partial charge < -0.3 is 15.4 Å². The van der Waals surface area contributed by atoms with Crippen molar-refractivity contribution in [1.82, 2.24) is 4.90 Å². The Morgan fingerprint density at radius 1 is 1.12 bits per heavy atom. The van der Waals surface area contributed by atoms with Crippen LogP contribution in [-0.2, 0) is 17.8 Å². The number of carbonyl (C=O) groups excluding carboxylic acids is 1. The quantitative estimate of drug-likeness (QED) is 0.867. The van der Waals surface area contributed by atoms with Gasteiger partial charge >= 0.3 is 0 Å². The van der Waals surface area contributed by atoms with Crippen molar-refractivity contribution in [3.8, 4) is 5.75 Å². The van der Waals surface area contributed by atoms with Gasteiger partial charge in [0.1, 0.15) is 5.75 Å². The smallest absolute Gasteiger partial charge is 0.244 e. The van der Waals surface area contributed by atoms with Crippen molar-refractivity contribution in [3.63, 3.8) is 0 Å². The van der Waals surface area contributed by atoms with E-state index in [0.29, 0.717) is 13.1 Å². The average Bonchev–Trinajstić information content (AvgIpc) is 2.66. The largest absolute Gasteiger partial charge is 0.497 e. The molecule has 1 aliphatic rings. The molecule has 1 atom stereocenters. The predicted octanol–water partition coefficient (Wildman–Crippen LogP) is 2.43. The number of ether oxygens (including phenoxy) is 1. The highest BCUT2D eigenvalue weighted by molar-refractivity contribution is 5.97. The number of hydrogen-bond acceptors (Lipinski definition) is 4. The fraction of sp³-hybridized carbons (Fsp3) is 0.381. The van der Waals surface area contributed by atoms with Gasteiger partial charge in [-0.1, -0.05) is 24.3 Å². The lowest BCUT2D eigenvalue weighted by Crippen LogP contribution is -2.55. The lowest BCUT2D eigenvalue weighted by Gasteiger charge is -2.39. The van der Waals surface area contributed by atoms with Gasteiger partial charge in [-0.25, -0.2) is 0 Å². The van der Waals surface area contributed by atoms with E-state index in [1.165, 1.54) is 11.1 Å². The summed E-state index contributed by atoms with van der Waals surface area (Å²) in [5.41, 5.74) is 9.06. The van der Waals surface area contributed by atoms with Crippen LogP contribution in [0.1, 0.15) is 18.1 Å². The van der Waals surface area contributed by atoms with E-state index in [2.05, 4.69) is 29.2 Å². The van der Waals surface area contributed by atoms with Gasteiger partial charge in [0.25, 0.3) is 0 Å². The van der Waals surface area contributed by atoms with Crippen LogP contribution in [0.2, 0.25) is 0 Å². The van der Waals surface area contributed by atoms with E-state index in [9.17, 15) is 4.79 Å². The number of benzene rings is 2. The number of rotatable bonds is 6. The van der Waals surface area contributed by atoms with Gasteiger partial charge in [-0.3, -0.25) is 9.69 Å². The number of nitrogens with two attached hydrogens (primary N) is 1. The molecule has 2 N–H and O–H groups in total. The highest BCUT2D eigenvalue weighted by atomic mass is 16.5. The summed E-state index contributed by atoms with van der Waals surface area (Å²) in [7, 11) is 1.64. The van der Waals surface area contributed by atoms with Crippen molar-refractivity contribution in [3.05, 3.63) is 59.7 Å². The first-order valence-electron chi connectivity index (χ1n) is 9.09. The van der Waals surface area contributed by atoms with Crippen LogP contribution in [0.25, 0.3) is 0 Å². The Labute approximate surface area is 155 Å². The Hall–Kier alpha value is -2.37. The van der Waals surface area contributed by atoms with Crippen molar-refractivity contribution >= 4 is 11.6 Å². The van der Waals surface area contributed by atoms with E-state index in [1.807, 2.05) is 36.1 Å². The minimum Gasteiger partial charge on any atom is -0.497 e. The molecule has 1 fully saturated rings. The average molecular weight is 353 g/mol. The molecule has 0 unspecified atom stereocenters. The molecule has 2 aromatic carbocycles. The molecule has 138 valence electrons. The third-order valence-electron chi connectivity index (χ3n) is 4.98. The van der Waals surface area contributed by atoms with Gasteiger partial charge in [0.15, 0.2) is 0 Å². The third-order valence-corrected chi connectivity index (χ3v) is 4.98. The molecule has 0 radical (unpaired) electrons. The van der Waals surface area contributed by atoms with Gasteiger partial charge in [-0.05, 0) is 55.3 Å². The van der Waals surface area contributed by atoms with Crippen LogP contribution >= 0.6 is 0 Å². The Balaban J connectivity index is 1.68. The summed E-state index contributed by atoms with van der Waals surface area (Å²) < 4.78 is 5.20. The molecular weight excluding hydrogens is 326 g/mol. The minimum absolute atomic E-state index is 0.138. The van der Waals surface area contributed by atoms with E-state index < -0.39 is 0 Å². The summed E-state index contributed by atoms with van der Waals surface area (Å²) in [5.74, 6) is 0.935. The second-order valence-electron chi connectivity index (χ2n) is 6.69. The molecule has 26 heavy (non-hydrogen) atoms. The third kappa shape index (κ3) is 4.06. The van der Waals surface area contributed by atoms with Gasteiger partial charge in [-0.15, -0.1) is 0 Å². The van der Waals surface area contributed by atoms with Crippen LogP contribution in [0, 0.1) is 0 Å². The maximum atomic E-state index is 12.9. The summed E-state index contributed by atoms with van der Waals surface area (Å²) in [4.78, 5) is 17.0. The topological polar surface area (TPSA) is 58.8 Å². The van der Waals surface area contributed by atoms with Crippen LogP contribution in [0.5, 0.6) is 5.75 Å². The lowest BCUT2D eigenvalue weighted by molar-refractivity contribution is -0.125. The molecule has 2 aromatic rings. The first-order chi connectivity index (χ1) is 12.6. The maximum Gasteiger partial charge on any atom is 0.244 e. The molecule has 0 aliphatic carbocycles. The van der Waals surface area contributed by atoms with Gasteiger partial charge in [0, 0.05) is 25.3 Å². The highest BCUT2D eigenvalue weighted by Crippen LogP contribution is 2.24. The van der Waals surface area contributed by atoms with Gasteiger partial charge in [0.2, 0.25) is 5.91 Å². The van der Waals surface area contributed by atoms with Crippen LogP contribution in [0.4, 0.5) is 5.69 Å². The zero-order chi connectivity index (χ0) is 18.5. The minimum atomic E-state index is -0.149. The summed E-state index contributed by atoms with van der Waals surface area (Å²) >= 11 is 0. The van der Waals surface area contributed by atoms with Crippen molar-refractivity contribution in [2.24, 2.45) is 5.73 Å². The SMILES string of the molecule is COc1ccc(N2CCN(Cc3cccc(CCN)c3)[C@H](C)C2=O)cc1. The molecular formula is C21H27N3O2. The van der Waals surface area contributed by atoms with Crippen molar-refractivity contribution in [1.29, 1.82) is 0 Å². The fourth-order valence-corrected chi connectivity index (χ4v) is 3.43. The molecule has 0 bridgehead atoms. The molecule has 5 heteroatoms. The number of hydrogen-bond donors (Lipinski definition) is 1. The van der Waals surface area contributed by atoms with Crippen molar-refractivity contribution < 1.29 is 9.53 Å². The standard InChI is InChI=1S/C21H27N3O2/c1-16-21(25)24(19-6-8-20(26-2)9-7-19)13-12-23(16)15-18-5-3-4-17(14-18)10-11-22/h3-9,14,16H,10-13,15,22H2,1-2H3/t16-/m1/s1. The first kappa shape index (κ1) is 18.4. The Kier molecular flexibility index (Phi) is 5.91. The summed E-state index contributed by atoms with van der Waals surface area (Å²) in [6, 6.07) is 16.0. The van der Waals surface area contributed by atoms with Crippen LogP contribution in [-0.4, -0.2) is 43.6 Å². The Morgan fingerprint density at radius 2 is 1.85 bits per heavy atom. The fourth-order valence-electron chi connectivity index (χ4n) is 3.43. The zero-order valence-corrected chi connectivity index (χ0v) is 15.5. The molecule has 1 aliphatic heterocycles. The van der Waals surface area contributed by atoms with E-state index in [1.54, 1.807) is 7.11 Å². The molecule has 0 spiro atoms. The number of nitrogens with zero attached hydrogens (tertiary/aromatic N) is 2. The van der Waals surface area contributed by atoms with Gasteiger partial charge in [0.05, 0.1) is 13.2 Å². The molecule has 5 nitrogen and oxygen atoms in total. The summed E-state index contributed by atoms with van der Waals surface area (Å²) in [6.45, 7) is 4.96. The lowest BCUT2D eigenvalue weighted by atomic mass is 10.1. The molecule has 0 saturated carbocycles. The second kappa shape index (κ2) is 8.34. The summed E-state index contributed by atoms with van der Waals surface area (Å²) in [6.07, 6.45) is 0.883. The molecule has 1 saturated heterocycles. The number of amides is 1. The maximum absolute atomic E-state index is 12.9. The molecule has 3 rings (SSSR count). The van der Waals surface area contributed by atoms with Crippen molar-refractivity contribution in [2.75, 3.05) is 31.6 Å². The number of carbonyl (C=O) groups is 1. The first-order valence-corrected chi connectivity index (χ1v) is 9.09. The Bertz CT molecular complexity index is 745. The van der Waals surface area contributed by atoms with E-state index >= 15 is 0 Å². The predicted molar refractivity (Wildman–Crippen MR) is 104 cm³/mol. The number of anilines is 1.